The van der Waals surface area contributed by atoms with E-state index in [4.69, 9.17) is 0 Å². The van der Waals surface area contributed by atoms with Gasteiger partial charge in [0.2, 0.25) is 0 Å². The van der Waals surface area contributed by atoms with Gasteiger partial charge in [0.25, 0.3) is 5.91 Å². The number of phenolic OH excluding ortho intramolecular Hbond substituents is 1. The first-order chi connectivity index (χ1) is 9.45. The Hall–Kier alpha value is -2.43. The molecule has 104 valence electrons. The van der Waals surface area contributed by atoms with Crippen molar-refractivity contribution in [1.29, 1.82) is 0 Å². The number of benzene rings is 2. The van der Waals surface area contributed by atoms with E-state index < -0.39 is 17.5 Å². The van der Waals surface area contributed by atoms with Crippen LogP contribution in [0.3, 0.4) is 0 Å². The number of carbonyl (C=O) groups is 1. The van der Waals surface area contributed by atoms with Gasteiger partial charge in [-0.3, -0.25) is 4.79 Å². The second-order valence-electron chi connectivity index (χ2n) is 4.48. The summed E-state index contributed by atoms with van der Waals surface area (Å²) in [5.41, 5.74) is 1.25. The van der Waals surface area contributed by atoms with Gasteiger partial charge in [-0.15, -0.1) is 0 Å². The van der Waals surface area contributed by atoms with Crippen LogP contribution in [0, 0.1) is 18.6 Å². The summed E-state index contributed by atoms with van der Waals surface area (Å²) in [5.74, 6) is -2.04. The Morgan fingerprint density at radius 2 is 1.80 bits per heavy atom. The van der Waals surface area contributed by atoms with Crippen molar-refractivity contribution < 1.29 is 18.7 Å². The van der Waals surface area contributed by atoms with Gasteiger partial charge in [0.1, 0.15) is 17.4 Å². The highest BCUT2D eigenvalue weighted by Crippen LogP contribution is 2.18. The third-order valence-electron chi connectivity index (χ3n) is 2.77. The largest absolute Gasteiger partial charge is 0.507 e. The molecule has 0 aliphatic carbocycles. The fourth-order valence-corrected chi connectivity index (χ4v) is 1.82. The van der Waals surface area contributed by atoms with Crippen molar-refractivity contribution in [2.45, 2.75) is 13.5 Å². The number of carbonyl (C=O) groups excluding carboxylic acids is 1. The molecule has 0 heterocycles. The van der Waals surface area contributed by atoms with Crippen LogP contribution in [0.25, 0.3) is 0 Å². The number of aryl methyl sites for hydroxylation is 1. The molecule has 0 saturated heterocycles. The molecule has 5 heteroatoms. The minimum atomic E-state index is -0.701. The van der Waals surface area contributed by atoms with Crippen LogP contribution in [0.5, 0.6) is 5.75 Å². The van der Waals surface area contributed by atoms with Crippen molar-refractivity contribution in [1.82, 2.24) is 5.32 Å². The molecule has 2 aromatic carbocycles. The van der Waals surface area contributed by atoms with Crippen LogP contribution >= 0.6 is 0 Å². The van der Waals surface area contributed by atoms with Crippen molar-refractivity contribution in [3.05, 3.63) is 64.7 Å². The molecule has 3 nitrogen and oxygen atoms in total. The molecular formula is C15H13F2NO2. The number of nitrogens with one attached hydrogen (secondary N) is 1. The summed E-state index contributed by atoms with van der Waals surface area (Å²) in [6.45, 7) is 1.76. The van der Waals surface area contributed by atoms with Crippen molar-refractivity contribution in [3.63, 3.8) is 0 Å². The first-order valence-corrected chi connectivity index (χ1v) is 5.98. The molecule has 0 aromatic heterocycles. The summed E-state index contributed by atoms with van der Waals surface area (Å²) in [5, 5.41) is 12.2. The Bertz CT molecular complexity index is 636. The zero-order chi connectivity index (χ0) is 14.7. The number of aromatic hydroxyl groups is 1. The van der Waals surface area contributed by atoms with E-state index in [9.17, 15) is 18.7 Å². The highest BCUT2D eigenvalue weighted by Gasteiger charge is 2.11. The van der Waals surface area contributed by atoms with Crippen LogP contribution in [-0.2, 0) is 6.54 Å². The molecule has 2 rings (SSSR count). The summed E-state index contributed by atoms with van der Waals surface area (Å²) >= 11 is 0. The van der Waals surface area contributed by atoms with E-state index in [-0.39, 0.29) is 17.9 Å². The fraction of sp³-hybridized carbons (Fsp3) is 0.133. The maximum Gasteiger partial charge on any atom is 0.255 e. The fourth-order valence-electron chi connectivity index (χ4n) is 1.82. The summed E-state index contributed by atoms with van der Waals surface area (Å²) in [4.78, 5) is 11.9. The molecule has 0 spiro atoms. The van der Waals surface area contributed by atoms with Gasteiger partial charge in [0.15, 0.2) is 0 Å². The summed E-state index contributed by atoms with van der Waals surface area (Å²) < 4.78 is 26.0. The lowest BCUT2D eigenvalue weighted by Gasteiger charge is -2.08. The third-order valence-corrected chi connectivity index (χ3v) is 2.77. The van der Waals surface area contributed by atoms with Crippen LogP contribution < -0.4 is 5.32 Å². The number of hydrogen-bond donors (Lipinski definition) is 2. The lowest BCUT2D eigenvalue weighted by molar-refractivity contribution is 0.0948. The zero-order valence-corrected chi connectivity index (χ0v) is 10.8. The molecule has 2 N–H and O–H groups in total. The maximum absolute atomic E-state index is 13.0. The predicted octanol–water partition coefficient (Wildman–Crippen LogP) is 2.91. The van der Waals surface area contributed by atoms with Gasteiger partial charge >= 0.3 is 0 Å². The molecule has 0 bridgehead atoms. The van der Waals surface area contributed by atoms with Crippen LogP contribution in [-0.4, -0.2) is 11.0 Å². The van der Waals surface area contributed by atoms with Gasteiger partial charge in [0.05, 0.1) is 5.56 Å². The topological polar surface area (TPSA) is 49.3 Å². The number of amides is 1. The van der Waals surface area contributed by atoms with Crippen LogP contribution in [0.1, 0.15) is 21.5 Å². The Kier molecular flexibility index (Phi) is 3.98. The molecule has 0 atom stereocenters. The molecule has 1 amide bonds. The molecule has 2 aromatic rings. The Labute approximate surface area is 114 Å². The van der Waals surface area contributed by atoms with Crippen LogP contribution in [0.15, 0.2) is 36.4 Å². The third kappa shape index (κ3) is 3.32. The van der Waals surface area contributed by atoms with Crippen LogP contribution in [0.2, 0.25) is 0 Å². The second-order valence-corrected chi connectivity index (χ2v) is 4.48. The molecule has 0 aliphatic heterocycles. The van der Waals surface area contributed by atoms with E-state index in [0.717, 1.165) is 23.8 Å². The van der Waals surface area contributed by atoms with E-state index in [1.54, 1.807) is 13.0 Å². The van der Waals surface area contributed by atoms with E-state index in [0.29, 0.717) is 5.56 Å². The Morgan fingerprint density at radius 1 is 1.15 bits per heavy atom. The normalized spacial score (nSPS) is 10.3. The smallest absolute Gasteiger partial charge is 0.255 e. The van der Waals surface area contributed by atoms with Gasteiger partial charge < -0.3 is 10.4 Å². The van der Waals surface area contributed by atoms with Crippen molar-refractivity contribution in [2.75, 3.05) is 0 Å². The highest BCUT2D eigenvalue weighted by atomic mass is 19.1. The summed E-state index contributed by atoms with van der Waals surface area (Å²) in [7, 11) is 0. The number of halogens is 2. The predicted molar refractivity (Wildman–Crippen MR) is 70.4 cm³/mol. The quantitative estimate of drug-likeness (QED) is 0.906. The average molecular weight is 277 g/mol. The maximum atomic E-state index is 13.0. The molecule has 0 aliphatic rings. The first-order valence-electron chi connectivity index (χ1n) is 5.98. The molecule has 0 fully saturated rings. The number of phenols is 1. The van der Waals surface area contributed by atoms with Gasteiger partial charge in [-0.2, -0.15) is 0 Å². The average Bonchev–Trinajstić information content (AvgIpc) is 2.35. The van der Waals surface area contributed by atoms with E-state index in [1.165, 1.54) is 12.1 Å². The zero-order valence-electron chi connectivity index (χ0n) is 10.8. The minimum absolute atomic E-state index is 0.0270. The monoisotopic (exact) mass is 277 g/mol. The van der Waals surface area contributed by atoms with Gasteiger partial charge in [-0.1, -0.05) is 6.07 Å². The van der Waals surface area contributed by atoms with Gasteiger partial charge in [0, 0.05) is 12.6 Å². The lowest BCUT2D eigenvalue weighted by atomic mass is 10.1. The van der Waals surface area contributed by atoms with Gasteiger partial charge in [-0.05, 0) is 42.3 Å². The number of hydrogen-bond acceptors (Lipinski definition) is 2. The highest BCUT2D eigenvalue weighted by molar-refractivity contribution is 5.96. The van der Waals surface area contributed by atoms with Crippen LogP contribution in [0.4, 0.5) is 8.78 Å². The number of rotatable bonds is 3. The first kappa shape index (κ1) is 14.0. The summed E-state index contributed by atoms with van der Waals surface area (Å²) in [6, 6.07) is 7.69. The Balaban J connectivity index is 2.08. The minimum Gasteiger partial charge on any atom is -0.507 e. The van der Waals surface area contributed by atoms with E-state index in [1.807, 2.05) is 0 Å². The molecule has 0 unspecified atom stereocenters. The standard InChI is InChI=1S/C15H13F2NO2/c1-9-2-3-13(14(19)4-9)15(20)18-8-10-5-11(16)7-12(17)6-10/h2-7,19H,8H2,1H3,(H,18,20). The van der Waals surface area contributed by atoms with Crippen molar-refractivity contribution in [2.24, 2.45) is 0 Å². The second kappa shape index (κ2) is 5.69. The molecule has 0 saturated carbocycles. The molecule has 20 heavy (non-hydrogen) atoms. The Morgan fingerprint density at radius 3 is 2.40 bits per heavy atom. The van der Waals surface area contributed by atoms with Gasteiger partial charge in [-0.25, -0.2) is 8.78 Å². The lowest BCUT2D eigenvalue weighted by Crippen LogP contribution is -2.23. The van der Waals surface area contributed by atoms with Crippen molar-refractivity contribution >= 4 is 5.91 Å². The van der Waals surface area contributed by atoms with Crippen molar-refractivity contribution in [3.8, 4) is 5.75 Å². The van der Waals surface area contributed by atoms with E-state index >= 15 is 0 Å². The molecule has 0 radical (unpaired) electrons. The van der Waals surface area contributed by atoms with E-state index in [2.05, 4.69) is 5.32 Å². The SMILES string of the molecule is Cc1ccc(C(=O)NCc2cc(F)cc(F)c2)c(O)c1. The molecular weight excluding hydrogens is 264 g/mol. The summed E-state index contributed by atoms with van der Waals surface area (Å²) in [6.07, 6.45) is 0.